The van der Waals surface area contributed by atoms with Gasteiger partial charge in [0.25, 0.3) is 0 Å². The van der Waals surface area contributed by atoms with Crippen LogP contribution < -0.4 is 10.1 Å². The molecule has 1 atom stereocenters. The second kappa shape index (κ2) is 8.31. The van der Waals surface area contributed by atoms with Crippen LogP contribution in [0.2, 0.25) is 0 Å². The van der Waals surface area contributed by atoms with Crippen LogP contribution in [0.4, 0.5) is 0 Å². The number of rotatable bonds is 8. The summed E-state index contributed by atoms with van der Waals surface area (Å²) in [5, 5.41) is 3.67. The topological polar surface area (TPSA) is 21.3 Å². The fraction of sp³-hybridized carbons (Fsp3) is 0.667. The van der Waals surface area contributed by atoms with E-state index in [1.165, 1.54) is 49.7 Å². The van der Waals surface area contributed by atoms with Crippen LogP contribution in [0.15, 0.2) is 18.2 Å². The molecule has 20 heavy (non-hydrogen) atoms. The van der Waals surface area contributed by atoms with Crippen molar-refractivity contribution in [3.63, 3.8) is 0 Å². The molecule has 2 heteroatoms. The van der Waals surface area contributed by atoms with Crippen molar-refractivity contribution >= 4 is 0 Å². The smallest absolute Gasteiger partial charge is 0.119 e. The summed E-state index contributed by atoms with van der Waals surface area (Å²) in [7, 11) is 0. The van der Waals surface area contributed by atoms with Gasteiger partial charge in [-0.25, -0.2) is 0 Å². The quantitative estimate of drug-likeness (QED) is 0.698. The highest BCUT2D eigenvalue weighted by Gasteiger charge is 2.19. The van der Waals surface area contributed by atoms with Crippen LogP contribution in [0.5, 0.6) is 5.75 Å². The van der Waals surface area contributed by atoms with E-state index >= 15 is 0 Å². The van der Waals surface area contributed by atoms with Gasteiger partial charge in [0.1, 0.15) is 5.75 Å². The standard InChI is InChI=1S/C18H29NO/c1-3-5-6-13-20-16-10-11-17-15(14-16)8-7-9-18(17)19-12-4-2/h10-11,14,18-19H,3-9,12-13H2,1-2H3. The molecule has 0 bridgehead atoms. The van der Waals surface area contributed by atoms with Crippen LogP contribution in [0, 0.1) is 0 Å². The maximum Gasteiger partial charge on any atom is 0.119 e. The van der Waals surface area contributed by atoms with Crippen molar-refractivity contribution in [3.8, 4) is 5.75 Å². The molecule has 1 aliphatic carbocycles. The Hall–Kier alpha value is -1.02. The van der Waals surface area contributed by atoms with Gasteiger partial charge in [-0.15, -0.1) is 0 Å². The summed E-state index contributed by atoms with van der Waals surface area (Å²) in [6.07, 6.45) is 8.62. The van der Waals surface area contributed by atoms with Crippen molar-refractivity contribution in [2.24, 2.45) is 0 Å². The summed E-state index contributed by atoms with van der Waals surface area (Å²) in [4.78, 5) is 0. The summed E-state index contributed by atoms with van der Waals surface area (Å²) >= 11 is 0. The molecule has 0 saturated carbocycles. The second-order valence-electron chi connectivity index (χ2n) is 5.82. The van der Waals surface area contributed by atoms with Gasteiger partial charge in [-0.05, 0) is 61.9 Å². The molecule has 1 unspecified atom stereocenters. The van der Waals surface area contributed by atoms with E-state index in [1.54, 1.807) is 0 Å². The molecule has 1 aliphatic rings. The SMILES string of the molecule is CCCCCOc1ccc2c(c1)CCCC2NCCC. The molecule has 0 spiro atoms. The number of ether oxygens (including phenoxy) is 1. The van der Waals surface area contributed by atoms with Crippen LogP contribution in [0.25, 0.3) is 0 Å². The first kappa shape index (κ1) is 15.4. The van der Waals surface area contributed by atoms with Gasteiger partial charge in [0.2, 0.25) is 0 Å². The molecule has 0 aromatic heterocycles. The summed E-state index contributed by atoms with van der Waals surface area (Å²) in [6.45, 7) is 6.41. The third-order valence-electron chi connectivity index (χ3n) is 4.09. The van der Waals surface area contributed by atoms with Crippen molar-refractivity contribution in [1.29, 1.82) is 0 Å². The normalized spacial score (nSPS) is 17.8. The minimum absolute atomic E-state index is 0.549. The number of aryl methyl sites for hydroxylation is 1. The molecule has 1 aromatic rings. The largest absolute Gasteiger partial charge is 0.494 e. The van der Waals surface area contributed by atoms with E-state index in [-0.39, 0.29) is 0 Å². The third-order valence-corrected chi connectivity index (χ3v) is 4.09. The lowest BCUT2D eigenvalue weighted by Gasteiger charge is -2.27. The van der Waals surface area contributed by atoms with Gasteiger partial charge in [0.05, 0.1) is 6.61 Å². The minimum atomic E-state index is 0.549. The number of hydrogen-bond donors (Lipinski definition) is 1. The fourth-order valence-electron chi connectivity index (χ4n) is 2.95. The first-order valence-corrected chi connectivity index (χ1v) is 8.34. The van der Waals surface area contributed by atoms with Crippen LogP contribution >= 0.6 is 0 Å². The van der Waals surface area contributed by atoms with E-state index in [0.717, 1.165) is 25.3 Å². The third kappa shape index (κ3) is 4.24. The Morgan fingerprint density at radius 1 is 1.20 bits per heavy atom. The molecule has 1 aromatic carbocycles. The molecule has 2 rings (SSSR count). The number of nitrogens with one attached hydrogen (secondary N) is 1. The zero-order chi connectivity index (χ0) is 14.2. The van der Waals surface area contributed by atoms with Gasteiger partial charge >= 0.3 is 0 Å². The summed E-state index contributed by atoms with van der Waals surface area (Å²) in [6, 6.07) is 7.24. The predicted molar refractivity (Wildman–Crippen MR) is 85.4 cm³/mol. The monoisotopic (exact) mass is 275 g/mol. The van der Waals surface area contributed by atoms with Crippen molar-refractivity contribution in [2.75, 3.05) is 13.2 Å². The molecule has 0 radical (unpaired) electrons. The van der Waals surface area contributed by atoms with Crippen LogP contribution in [-0.4, -0.2) is 13.2 Å². The summed E-state index contributed by atoms with van der Waals surface area (Å²) in [5.41, 5.74) is 2.98. The Morgan fingerprint density at radius 2 is 2.10 bits per heavy atom. The Labute approximate surface area is 123 Å². The zero-order valence-electron chi connectivity index (χ0n) is 13.1. The average Bonchev–Trinajstić information content (AvgIpc) is 2.49. The van der Waals surface area contributed by atoms with Crippen molar-refractivity contribution in [1.82, 2.24) is 5.32 Å². The second-order valence-corrected chi connectivity index (χ2v) is 5.82. The maximum absolute atomic E-state index is 5.87. The van der Waals surface area contributed by atoms with Gasteiger partial charge in [0.15, 0.2) is 0 Å². The lowest BCUT2D eigenvalue weighted by Crippen LogP contribution is -2.25. The van der Waals surface area contributed by atoms with E-state index in [0.29, 0.717) is 6.04 Å². The molecule has 0 heterocycles. The van der Waals surface area contributed by atoms with E-state index < -0.39 is 0 Å². The Bertz CT molecular complexity index is 402. The fourth-order valence-corrected chi connectivity index (χ4v) is 2.95. The van der Waals surface area contributed by atoms with Crippen LogP contribution in [0.3, 0.4) is 0 Å². The highest BCUT2D eigenvalue weighted by atomic mass is 16.5. The lowest BCUT2D eigenvalue weighted by atomic mass is 9.87. The van der Waals surface area contributed by atoms with Crippen LogP contribution in [-0.2, 0) is 6.42 Å². The summed E-state index contributed by atoms with van der Waals surface area (Å²) in [5.74, 6) is 1.05. The molecule has 0 fully saturated rings. The van der Waals surface area contributed by atoms with Gasteiger partial charge in [0, 0.05) is 6.04 Å². The number of unbranched alkanes of at least 4 members (excludes halogenated alkanes) is 2. The molecule has 1 N–H and O–H groups in total. The van der Waals surface area contributed by atoms with Gasteiger partial charge in [-0.1, -0.05) is 32.8 Å². The first-order valence-electron chi connectivity index (χ1n) is 8.34. The Morgan fingerprint density at radius 3 is 2.90 bits per heavy atom. The molecule has 2 nitrogen and oxygen atoms in total. The number of fused-ring (bicyclic) bond motifs is 1. The number of hydrogen-bond acceptors (Lipinski definition) is 2. The molecule has 0 amide bonds. The molecule has 112 valence electrons. The Kier molecular flexibility index (Phi) is 6.38. The molecule has 0 saturated heterocycles. The Balaban J connectivity index is 1.96. The average molecular weight is 275 g/mol. The van der Waals surface area contributed by atoms with Gasteiger partial charge < -0.3 is 10.1 Å². The van der Waals surface area contributed by atoms with Crippen LogP contribution in [0.1, 0.15) is 69.5 Å². The van der Waals surface area contributed by atoms with E-state index in [4.69, 9.17) is 4.74 Å². The zero-order valence-corrected chi connectivity index (χ0v) is 13.1. The lowest BCUT2D eigenvalue weighted by molar-refractivity contribution is 0.305. The number of benzene rings is 1. The van der Waals surface area contributed by atoms with Gasteiger partial charge in [-0.2, -0.15) is 0 Å². The highest BCUT2D eigenvalue weighted by Crippen LogP contribution is 2.32. The minimum Gasteiger partial charge on any atom is -0.494 e. The first-order chi connectivity index (χ1) is 9.85. The summed E-state index contributed by atoms with van der Waals surface area (Å²) < 4.78 is 5.87. The van der Waals surface area contributed by atoms with Crippen molar-refractivity contribution in [3.05, 3.63) is 29.3 Å². The highest BCUT2D eigenvalue weighted by molar-refractivity contribution is 5.39. The molecular weight excluding hydrogens is 246 g/mol. The van der Waals surface area contributed by atoms with Crippen molar-refractivity contribution in [2.45, 2.75) is 64.8 Å². The predicted octanol–water partition coefficient (Wildman–Crippen LogP) is 4.63. The van der Waals surface area contributed by atoms with E-state index in [1.807, 2.05) is 0 Å². The molecule has 0 aliphatic heterocycles. The molecular formula is C18H29NO. The van der Waals surface area contributed by atoms with Crippen molar-refractivity contribution < 1.29 is 4.74 Å². The maximum atomic E-state index is 5.87. The van der Waals surface area contributed by atoms with E-state index in [9.17, 15) is 0 Å². The van der Waals surface area contributed by atoms with E-state index in [2.05, 4.69) is 37.4 Å². The van der Waals surface area contributed by atoms with Gasteiger partial charge in [-0.3, -0.25) is 0 Å².